The number of rotatable bonds is 8. The number of hydrogen-bond acceptors (Lipinski definition) is 5. The van der Waals surface area contributed by atoms with Gasteiger partial charge in [0.15, 0.2) is 0 Å². The van der Waals surface area contributed by atoms with Crippen molar-refractivity contribution >= 4 is 18.7 Å². The zero-order valence-corrected chi connectivity index (χ0v) is 28.8. The van der Waals surface area contributed by atoms with Crippen LogP contribution in [0.25, 0.3) is 0 Å². The van der Waals surface area contributed by atoms with E-state index in [1.807, 2.05) is 62.7 Å². The molecular formula is C32H40BMoN7O4-6. The Balaban J connectivity index is 0.000000448. The van der Waals surface area contributed by atoms with Gasteiger partial charge in [-0.15, -0.1) is 0 Å². The molecule has 0 atom stereocenters. The maximum Gasteiger partial charge on any atom is 0.326 e. The molecule has 3 heterocycles. The van der Waals surface area contributed by atoms with Crippen LogP contribution in [-0.4, -0.2) is 49.1 Å². The number of anilines is 1. The molecule has 1 amide bonds. The Hall–Kier alpha value is -3.99. The van der Waals surface area contributed by atoms with Crippen molar-refractivity contribution in [2.75, 3.05) is 11.9 Å². The largest absolute Gasteiger partial charge is 2.00 e. The van der Waals surface area contributed by atoms with Gasteiger partial charge in [0.2, 0.25) is 0 Å². The third-order valence-corrected chi connectivity index (χ3v) is 7.19. The molecule has 0 fully saturated rings. The number of aromatic nitrogens is 6. The zero-order chi connectivity index (χ0) is 30.4. The van der Waals surface area contributed by atoms with Crippen LogP contribution in [0.2, 0.25) is 0 Å². The van der Waals surface area contributed by atoms with Gasteiger partial charge in [-0.1, -0.05) is 89.8 Å². The van der Waals surface area contributed by atoms with E-state index < -0.39 is 7.12 Å². The first-order valence-electron chi connectivity index (χ1n) is 14.5. The summed E-state index contributed by atoms with van der Waals surface area (Å²) in [5.41, 5.74) is 4.22. The topological polar surface area (TPSA) is 154 Å². The molecule has 0 aliphatic heterocycles. The summed E-state index contributed by atoms with van der Waals surface area (Å²) in [6.07, 6.45) is 6.13. The molecule has 0 unspecified atom stereocenters. The normalized spacial score (nSPS) is 10.6. The van der Waals surface area contributed by atoms with E-state index in [2.05, 4.69) is 59.7 Å². The predicted octanol–water partition coefficient (Wildman–Crippen LogP) is 5.10. The Kier molecular flexibility index (Phi) is 15.2. The smallest absolute Gasteiger partial charge is 0.326 e. The van der Waals surface area contributed by atoms with Crippen LogP contribution in [0.5, 0.6) is 5.75 Å². The maximum absolute atomic E-state index is 12.1. The number of amides is 1. The first-order chi connectivity index (χ1) is 20.1. The van der Waals surface area contributed by atoms with Crippen LogP contribution in [0.3, 0.4) is 0 Å². The van der Waals surface area contributed by atoms with Gasteiger partial charge in [0.25, 0.3) is 5.91 Å². The van der Waals surface area contributed by atoms with Gasteiger partial charge in [-0.25, -0.2) is 15.3 Å². The van der Waals surface area contributed by atoms with Crippen molar-refractivity contribution in [3.8, 4) is 5.75 Å². The quantitative estimate of drug-likeness (QED) is 0.207. The van der Waals surface area contributed by atoms with Crippen molar-refractivity contribution in [3.63, 3.8) is 0 Å². The first-order valence-corrected chi connectivity index (χ1v) is 14.5. The zero-order valence-electron chi connectivity index (χ0n) is 26.8. The number of benzene rings is 2. The summed E-state index contributed by atoms with van der Waals surface area (Å²) in [4.78, 5) is 13.6. The van der Waals surface area contributed by atoms with E-state index in [0.29, 0.717) is 17.8 Å². The minimum absolute atomic E-state index is 0. The predicted molar refractivity (Wildman–Crippen MR) is 169 cm³/mol. The fourth-order valence-electron chi connectivity index (χ4n) is 4.57. The molecule has 5 rings (SSSR count). The first kappa shape index (κ1) is 39.0. The summed E-state index contributed by atoms with van der Waals surface area (Å²) in [7, 11) is 0.388. The summed E-state index contributed by atoms with van der Waals surface area (Å²) in [6.45, 7) is 13.0. The average molecular weight is 693 g/mol. The fraction of sp³-hybridized carbons (Fsp3) is 0.312. The van der Waals surface area contributed by atoms with E-state index in [-0.39, 0.29) is 49.2 Å². The SMILES string of the molecule is CC(C)c1ccn([BH-](n2ccc(C(C)C)n2)n2ccc(C(C)C)n2)n1.CN(C(=O)c1ccccc1[O-])c1ccccc1.[Mo].[O-2].[O-2]. The molecule has 0 N–H and O–H groups in total. The van der Waals surface area contributed by atoms with Crippen LogP contribution in [0.1, 0.15) is 86.7 Å². The third-order valence-electron chi connectivity index (χ3n) is 7.19. The van der Waals surface area contributed by atoms with Gasteiger partial charge in [-0.3, -0.25) is 4.79 Å². The molecule has 0 aliphatic carbocycles. The summed E-state index contributed by atoms with van der Waals surface area (Å²) in [6, 6.07) is 21.7. The van der Waals surface area contributed by atoms with Crippen LogP contribution >= 0.6 is 0 Å². The molecule has 0 bridgehead atoms. The molecule has 242 valence electrons. The molecule has 0 spiro atoms. The van der Waals surface area contributed by atoms with Gasteiger partial charge in [0.1, 0.15) is 0 Å². The second-order valence-electron chi connectivity index (χ2n) is 11.4. The summed E-state index contributed by atoms with van der Waals surface area (Å²) >= 11 is 0. The van der Waals surface area contributed by atoms with E-state index in [0.717, 1.165) is 22.8 Å². The van der Waals surface area contributed by atoms with E-state index in [4.69, 9.17) is 15.3 Å². The average Bonchev–Trinajstić information content (AvgIpc) is 3.76. The van der Waals surface area contributed by atoms with Gasteiger partial charge in [-0.05, 0) is 66.7 Å². The number of nitrogens with zero attached hydrogens (tertiary/aromatic N) is 7. The van der Waals surface area contributed by atoms with Crippen molar-refractivity contribution in [1.82, 2.24) is 29.1 Å². The summed E-state index contributed by atoms with van der Waals surface area (Å²) < 4.78 is 6.05. The van der Waals surface area contributed by atoms with Gasteiger partial charge in [-0.2, -0.15) is 0 Å². The number of carbonyl (C=O) groups excluding carboxylic acids is 1. The summed E-state index contributed by atoms with van der Waals surface area (Å²) in [5, 5.41) is 26.0. The second-order valence-corrected chi connectivity index (χ2v) is 11.4. The Morgan fingerprint density at radius 2 is 1.04 bits per heavy atom. The van der Waals surface area contributed by atoms with E-state index in [1.54, 1.807) is 25.2 Å². The standard InChI is InChI=1S/C18H28BN6.C14H13NO2.Mo.2O/c1-13(2)16-7-10-23(20-16)19(24-11-8-17(21-24)14(3)4)25-12-9-18(22-25)15(5)6;1-15(11-7-3-2-4-8-11)14(17)12-9-5-6-10-13(12)16;;;/h7-15,19H,1-6H3;2-10,16H,1H3;;;/q-1;;;2*-2/p-1. The van der Waals surface area contributed by atoms with Crippen LogP contribution in [0.4, 0.5) is 5.69 Å². The van der Waals surface area contributed by atoms with E-state index in [9.17, 15) is 9.90 Å². The molecule has 0 saturated carbocycles. The molecule has 3 aromatic heterocycles. The Morgan fingerprint density at radius 1 is 0.667 bits per heavy atom. The van der Waals surface area contributed by atoms with Gasteiger partial charge in [0, 0.05) is 39.4 Å². The Morgan fingerprint density at radius 3 is 1.40 bits per heavy atom. The minimum Gasteiger partial charge on any atom is -2.00 e. The van der Waals surface area contributed by atoms with Crippen molar-refractivity contribution in [1.29, 1.82) is 0 Å². The molecule has 45 heavy (non-hydrogen) atoms. The van der Waals surface area contributed by atoms with Gasteiger partial charge in [0.05, 0.1) is 17.1 Å². The molecule has 2 aromatic carbocycles. The van der Waals surface area contributed by atoms with Gasteiger partial charge < -0.3 is 34.7 Å². The fourth-order valence-corrected chi connectivity index (χ4v) is 4.57. The van der Waals surface area contributed by atoms with Crippen LogP contribution < -0.4 is 10.0 Å². The van der Waals surface area contributed by atoms with Crippen molar-refractivity contribution in [2.45, 2.75) is 59.3 Å². The molecule has 11 nitrogen and oxygen atoms in total. The molecule has 0 radical (unpaired) electrons. The Bertz CT molecular complexity index is 1490. The molecule has 0 aliphatic rings. The number of para-hydroxylation sites is 2. The minimum atomic E-state index is -1.27. The van der Waals surface area contributed by atoms with Crippen LogP contribution in [0, 0.1) is 0 Å². The Labute approximate surface area is 279 Å². The maximum atomic E-state index is 12.1. The number of carbonyl (C=O) groups is 1. The van der Waals surface area contributed by atoms with E-state index in [1.165, 1.54) is 11.0 Å². The van der Waals surface area contributed by atoms with Crippen molar-refractivity contribution in [3.05, 3.63) is 114 Å². The molecular weight excluding hydrogens is 653 g/mol. The van der Waals surface area contributed by atoms with Gasteiger partial charge >= 0.3 is 7.12 Å². The van der Waals surface area contributed by atoms with Crippen LogP contribution in [-0.2, 0) is 32.0 Å². The third kappa shape index (κ3) is 9.50. The monoisotopic (exact) mass is 695 g/mol. The van der Waals surface area contributed by atoms with Crippen molar-refractivity contribution < 1.29 is 41.9 Å². The molecule has 5 aromatic rings. The molecule has 0 saturated heterocycles. The molecule has 13 heteroatoms. The summed E-state index contributed by atoms with van der Waals surface area (Å²) in [5.74, 6) is 0.652. The van der Waals surface area contributed by atoms with Crippen molar-refractivity contribution in [2.24, 2.45) is 0 Å². The van der Waals surface area contributed by atoms with E-state index >= 15 is 0 Å². The van der Waals surface area contributed by atoms with Crippen LogP contribution in [0.15, 0.2) is 91.4 Å². The number of hydrogen-bond donors (Lipinski definition) is 0. The second kappa shape index (κ2) is 17.5.